The number of carbonyl (C=O) groups is 1. The summed E-state index contributed by atoms with van der Waals surface area (Å²) in [6, 6.07) is 0. The van der Waals surface area contributed by atoms with Gasteiger partial charge in [0.2, 0.25) is 5.91 Å². The van der Waals surface area contributed by atoms with Crippen molar-refractivity contribution in [2.45, 2.75) is 30.9 Å². The highest BCUT2D eigenvalue weighted by Crippen LogP contribution is 2.28. The fourth-order valence-corrected chi connectivity index (χ4v) is 1.76. The maximum atomic E-state index is 12.8. The van der Waals surface area contributed by atoms with E-state index in [0.29, 0.717) is 0 Å². The van der Waals surface area contributed by atoms with Crippen LogP contribution in [-0.4, -0.2) is 41.3 Å². The van der Waals surface area contributed by atoms with Crippen LogP contribution in [0.2, 0.25) is 0 Å². The minimum absolute atomic E-state index is 0.0204. The lowest BCUT2D eigenvalue weighted by Gasteiger charge is -2.33. The molecule has 0 aromatic carbocycles. The van der Waals surface area contributed by atoms with E-state index in [1.165, 1.54) is 11.8 Å². The molecule has 1 unspecified atom stereocenters. The molecule has 1 aliphatic heterocycles. The van der Waals surface area contributed by atoms with Gasteiger partial charge in [-0.3, -0.25) is 4.79 Å². The highest BCUT2D eigenvalue weighted by molar-refractivity contribution is 7.99. The summed E-state index contributed by atoms with van der Waals surface area (Å²) in [5.74, 6) is -2.59. The Bertz CT molecular complexity index is 213. The lowest BCUT2D eigenvalue weighted by molar-refractivity contribution is -0.136. The Hall–Kier alpha value is -0.320. The van der Waals surface area contributed by atoms with Crippen molar-refractivity contribution in [3.63, 3.8) is 0 Å². The van der Waals surface area contributed by atoms with Crippen LogP contribution in [0.15, 0.2) is 0 Å². The maximum Gasteiger partial charge on any atom is 0.251 e. The molecule has 1 aliphatic rings. The molecule has 1 fully saturated rings. The van der Waals surface area contributed by atoms with Gasteiger partial charge in [-0.2, -0.15) is 11.8 Å². The van der Waals surface area contributed by atoms with Crippen molar-refractivity contribution < 1.29 is 13.6 Å². The Morgan fingerprint density at radius 2 is 1.93 bits per heavy atom. The number of piperidine rings is 1. The second kappa shape index (κ2) is 4.47. The van der Waals surface area contributed by atoms with Crippen molar-refractivity contribution in [2.75, 3.05) is 19.3 Å². The van der Waals surface area contributed by atoms with Gasteiger partial charge in [0.25, 0.3) is 5.92 Å². The average Bonchev–Trinajstić information content (AvgIpc) is 2.15. The molecule has 0 saturated carbocycles. The maximum absolute atomic E-state index is 12.8. The molecule has 0 aliphatic carbocycles. The molecule has 0 N–H and O–H groups in total. The number of likely N-dealkylation sites (tertiary alicyclic amines) is 1. The van der Waals surface area contributed by atoms with E-state index < -0.39 is 5.92 Å². The number of halogens is 2. The van der Waals surface area contributed by atoms with E-state index in [4.69, 9.17) is 0 Å². The third kappa shape index (κ3) is 2.83. The van der Waals surface area contributed by atoms with E-state index in [0.717, 1.165) is 0 Å². The van der Waals surface area contributed by atoms with Gasteiger partial charge in [0.05, 0.1) is 5.25 Å². The van der Waals surface area contributed by atoms with E-state index >= 15 is 0 Å². The second-order valence-corrected chi connectivity index (χ2v) is 4.74. The summed E-state index contributed by atoms with van der Waals surface area (Å²) in [4.78, 5) is 13.1. The molecular weight excluding hydrogens is 208 g/mol. The van der Waals surface area contributed by atoms with Crippen LogP contribution in [0.25, 0.3) is 0 Å². The van der Waals surface area contributed by atoms with E-state index in [9.17, 15) is 13.6 Å². The Balaban J connectivity index is 2.46. The standard InChI is InChI=1S/C9H15F2NOS/c1-7(14-2)8(13)12-5-3-9(10,11)4-6-12/h7H,3-6H2,1-2H3. The summed E-state index contributed by atoms with van der Waals surface area (Å²) in [5, 5.41) is -0.123. The molecule has 0 radical (unpaired) electrons. The molecule has 0 bridgehead atoms. The van der Waals surface area contributed by atoms with Crippen molar-refractivity contribution in [3.8, 4) is 0 Å². The van der Waals surface area contributed by atoms with Crippen LogP contribution in [0.1, 0.15) is 19.8 Å². The molecule has 1 atom stereocenters. The first-order valence-corrected chi connectivity index (χ1v) is 5.94. The zero-order chi connectivity index (χ0) is 10.8. The van der Waals surface area contributed by atoms with Crippen molar-refractivity contribution in [3.05, 3.63) is 0 Å². The van der Waals surface area contributed by atoms with Crippen LogP contribution < -0.4 is 0 Å². The largest absolute Gasteiger partial charge is 0.341 e. The number of hydrogen-bond acceptors (Lipinski definition) is 2. The molecule has 2 nitrogen and oxygen atoms in total. The van der Waals surface area contributed by atoms with Gasteiger partial charge in [-0.25, -0.2) is 8.78 Å². The quantitative estimate of drug-likeness (QED) is 0.713. The Morgan fingerprint density at radius 3 is 2.36 bits per heavy atom. The summed E-state index contributed by atoms with van der Waals surface area (Å²) in [5.41, 5.74) is 0. The minimum atomic E-state index is -2.57. The van der Waals surface area contributed by atoms with Gasteiger partial charge in [0.15, 0.2) is 0 Å². The smallest absolute Gasteiger partial charge is 0.251 e. The van der Waals surface area contributed by atoms with E-state index in [2.05, 4.69) is 0 Å². The highest BCUT2D eigenvalue weighted by Gasteiger charge is 2.36. The number of rotatable bonds is 2. The van der Waals surface area contributed by atoms with E-state index in [1.807, 2.05) is 6.26 Å². The molecule has 0 aromatic heterocycles. The third-order valence-electron chi connectivity index (χ3n) is 2.51. The van der Waals surface area contributed by atoms with Crippen LogP contribution in [0.3, 0.4) is 0 Å². The predicted octanol–water partition coefficient (Wildman–Crippen LogP) is 2.00. The SMILES string of the molecule is CSC(C)C(=O)N1CCC(F)(F)CC1. The molecule has 1 rings (SSSR count). The molecule has 0 spiro atoms. The Labute approximate surface area is 87.0 Å². The molecule has 14 heavy (non-hydrogen) atoms. The van der Waals surface area contributed by atoms with Gasteiger partial charge >= 0.3 is 0 Å². The third-order valence-corrected chi connectivity index (χ3v) is 3.42. The molecule has 82 valence electrons. The Morgan fingerprint density at radius 1 is 1.43 bits per heavy atom. The first kappa shape index (κ1) is 11.8. The monoisotopic (exact) mass is 223 g/mol. The normalized spacial score (nSPS) is 23.3. The molecule has 1 saturated heterocycles. The number of nitrogens with zero attached hydrogens (tertiary/aromatic N) is 1. The summed E-state index contributed by atoms with van der Waals surface area (Å²) in [7, 11) is 0. The highest BCUT2D eigenvalue weighted by atomic mass is 32.2. The van der Waals surface area contributed by atoms with E-state index in [1.54, 1.807) is 11.8 Å². The lowest BCUT2D eigenvalue weighted by atomic mass is 10.1. The van der Waals surface area contributed by atoms with Crippen molar-refractivity contribution in [1.29, 1.82) is 0 Å². The number of hydrogen-bond donors (Lipinski definition) is 0. The van der Waals surface area contributed by atoms with Crippen LogP contribution >= 0.6 is 11.8 Å². The van der Waals surface area contributed by atoms with Crippen molar-refractivity contribution in [2.24, 2.45) is 0 Å². The van der Waals surface area contributed by atoms with Crippen LogP contribution in [0, 0.1) is 0 Å². The lowest BCUT2D eigenvalue weighted by Crippen LogP contribution is -2.45. The molecule has 1 amide bonds. The zero-order valence-corrected chi connectivity index (χ0v) is 9.24. The first-order valence-electron chi connectivity index (χ1n) is 4.66. The topological polar surface area (TPSA) is 20.3 Å². The van der Waals surface area contributed by atoms with Gasteiger partial charge < -0.3 is 4.90 Å². The summed E-state index contributed by atoms with van der Waals surface area (Å²) in [6.45, 7) is 2.19. The molecular formula is C9H15F2NOS. The second-order valence-electron chi connectivity index (χ2n) is 3.56. The number of thioether (sulfide) groups is 1. The summed E-state index contributed by atoms with van der Waals surface area (Å²) in [6.07, 6.45) is 1.46. The van der Waals surface area contributed by atoms with Crippen LogP contribution in [0.4, 0.5) is 8.78 Å². The fourth-order valence-electron chi connectivity index (χ4n) is 1.41. The first-order chi connectivity index (χ1) is 6.46. The van der Waals surface area contributed by atoms with Crippen LogP contribution in [-0.2, 0) is 4.79 Å². The molecule has 1 heterocycles. The average molecular weight is 223 g/mol. The predicted molar refractivity (Wildman–Crippen MR) is 53.7 cm³/mol. The minimum Gasteiger partial charge on any atom is -0.341 e. The number of carbonyl (C=O) groups excluding carboxylic acids is 1. The van der Waals surface area contributed by atoms with Gasteiger partial charge in [0.1, 0.15) is 0 Å². The number of alkyl halides is 2. The van der Waals surface area contributed by atoms with Crippen molar-refractivity contribution >= 4 is 17.7 Å². The summed E-state index contributed by atoms with van der Waals surface area (Å²) >= 11 is 1.45. The summed E-state index contributed by atoms with van der Waals surface area (Å²) < 4.78 is 25.6. The van der Waals surface area contributed by atoms with Crippen molar-refractivity contribution in [1.82, 2.24) is 4.90 Å². The Kier molecular flexibility index (Phi) is 3.75. The van der Waals surface area contributed by atoms with Crippen LogP contribution in [0.5, 0.6) is 0 Å². The molecule has 0 aromatic rings. The molecule has 5 heteroatoms. The van der Waals surface area contributed by atoms with Gasteiger partial charge in [-0.05, 0) is 13.2 Å². The van der Waals surface area contributed by atoms with E-state index in [-0.39, 0.29) is 37.1 Å². The van der Waals surface area contributed by atoms with Gasteiger partial charge in [-0.15, -0.1) is 0 Å². The van der Waals surface area contributed by atoms with Gasteiger partial charge in [-0.1, -0.05) is 0 Å². The number of amides is 1. The fraction of sp³-hybridized carbons (Fsp3) is 0.889. The van der Waals surface area contributed by atoms with Gasteiger partial charge in [0, 0.05) is 25.9 Å². The zero-order valence-electron chi connectivity index (χ0n) is 8.43.